The predicted molar refractivity (Wildman–Crippen MR) is 118 cm³/mol. The number of fused-ring (bicyclic) bond motifs is 1. The first-order valence-electron chi connectivity index (χ1n) is 9.86. The fourth-order valence-corrected chi connectivity index (χ4v) is 3.46. The van der Waals surface area contributed by atoms with Gasteiger partial charge in [0, 0.05) is 55.4 Å². The number of nitrogens with zero attached hydrogens (tertiary/aromatic N) is 4. The molecule has 0 unspecified atom stereocenters. The molecule has 1 aliphatic heterocycles. The van der Waals surface area contributed by atoms with Crippen molar-refractivity contribution in [3.63, 3.8) is 0 Å². The van der Waals surface area contributed by atoms with Crippen molar-refractivity contribution in [3.05, 3.63) is 41.3 Å². The normalized spacial score (nSPS) is 16.1. The zero-order chi connectivity index (χ0) is 20.8. The van der Waals surface area contributed by atoms with Gasteiger partial charge in [-0.15, -0.1) is 0 Å². The van der Waals surface area contributed by atoms with Crippen LogP contribution in [0.5, 0.6) is 0 Å². The summed E-state index contributed by atoms with van der Waals surface area (Å²) in [6, 6.07) is 5.64. The van der Waals surface area contributed by atoms with Crippen LogP contribution in [0.1, 0.15) is 32.3 Å². The first-order valence-corrected chi connectivity index (χ1v) is 10.2. The molecular weight excluding hydrogens is 388 g/mol. The number of piperidine rings is 1. The number of nitrogens with two attached hydrogens (primary N) is 1. The molecule has 1 fully saturated rings. The Hall–Kier alpha value is -2.67. The van der Waals surface area contributed by atoms with Gasteiger partial charge in [-0.3, -0.25) is 9.98 Å². The monoisotopic (exact) mass is 414 g/mol. The summed E-state index contributed by atoms with van der Waals surface area (Å²) in [6.07, 6.45) is 6.96. The number of carbonyl (C=O) groups excluding carboxylic acids is 1. The summed E-state index contributed by atoms with van der Waals surface area (Å²) in [5, 5.41) is 3.37. The molecular formula is C21H27ClN6O. The zero-order valence-corrected chi connectivity index (χ0v) is 17.6. The van der Waals surface area contributed by atoms with Gasteiger partial charge in [-0.2, -0.15) is 0 Å². The van der Waals surface area contributed by atoms with Crippen molar-refractivity contribution in [2.24, 2.45) is 16.6 Å². The highest BCUT2D eigenvalue weighted by Crippen LogP contribution is 2.20. The molecule has 154 valence electrons. The van der Waals surface area contributed by atoms with Crippen molar-refractivity contribution in [2.45, 2.75) is 32.7 Å². The quantitative estimate of drug-likeness (QED) is 0.578. The third-order valence-corrected chi connectivity index (χ3v) is 5.13. The van der Waals surface area contributed by atoms with Crippen molar-refractivity contribution in [2.75, 3.05) is 19.6 Å². The van der Waals surface area contributed by atoms with E-state index in [4.69, 9.17) is 17.3 Å². The number of pyridine rings is 2. The Morgan fingerprint density at radius 1 is 1.38 bits per heavy atom. The number of halogens is 1. The predicted octanol–water partition coefficient (Wildman–Crippen LogP) is 3.48. The van der Waals surface area contributed by atoms with Crippen LogP contribution in [0.15, 0.2) is 35.6 Å². The van der Waals surface area contributed by atoms with Gasteiger partial charge in [0.15, 0.2) is 0 Å². The minimum Gasteiger partial charge on any atom is -0.404 e. The third kappa shape index (κ3) is 5.67. The maximum absolute atomic E-state index is 12.1. The van der Waals surface area contributed by atoms with Crippen LogP contribution in [0.25, 0.3) is 16.6 Å². The number of rotatable bonds is 5. The van der Waals surface area contributed by atoms with Crippen LogP contribution >= 0.6 is 11.6 Å². The lowest BCUT2D eigenvalue weighted by Gasteiger charge is -2.31. The molecule has 0 spiro atoms. The number of aliphatic imine (C=N–C) groups is 1. The molecule has 3 heterocycles. The second-order valence-corrected chi connectivity index (χ2v) is 7.93. The van der Waals surface area contributed by atoms with Crippen molar-refractivity contribution < 1.29 is 4.79 Å². The molecule has 0 aromatic carbocycles. The van der Waals surface area contributed by atoms with Gasteiger partial charge >= 0.3 is 6.03 Å². The van der Waals surface area contributed by atoms with E-state index in [-0.39, 0.29) is 12.1 Å². The summed E-state index contributed by atoms with van der Waals surface area (Å²) in [4.78, 5) is 27.3. The van der Waals surface area contributed by atoms with Crippen molar-refractivity contribution in [3.8, 4) is 0 Å². The van der Waals surface area contributed by atoms with E-state index in [2.05, 4.69) is 20.3 Å². The minimum absolute atomic E-state index is 0.0211. The third-order valence-electron chi connectivity index (χ3n) is 4.92. The molecule has 8 heteroatoms. The fourth-order valence-electron chi connectivity index (χ4n) is 3.31. The number of urea groups is 1. The second kappa shape index (κ2) is 9.69. The van der Waals surface area contributed by atoms with E-state index in [1.165, 1.54) is 6.20 Å². The number of aromatic nitrogens is 2. The van der Waals surface area contributed by atoms with Gasteiger partial charge in [-0.25, -0.2) is 9.78 Å². The topological polar surface area (TPSA) is 96.5 Å². The maximum atomic E-state index is 12.1. The number of amides is 2. The van der Waals surface area contributed by atoms with Crippen LogP contribution in [0.2, 0.25) is 5.15 Å². The second-order valence-electron chi connectivity index (χ2n) is 7.55. The van der Waals surface area contributed by atoms with E-state index >= 15 is 0 Å². The molecule has 0 radical (unpaired) electrons. The Labute approximate surface area is 176 Å². The Morgan fingerprint density at radius 2 is 2.14 bits per heavy atom. The average Bonchev–Trinajstić information content (AvgIpc) is 2.70. The van der Waals surface area contributed by atoms with Gasteiger partial charge in [0.25, 0.3) is 0 Å². The van der Waals surface area contributed by atoms with E-state index in [0.717, 1.165) is 48.1 Å². The summed E-state index contributed by atoms with van der Waals surface area (Å²) in [6.45, 7) is 6.18. The fraction of sp³-hybridized carbons (Fsp3) is 0.429. The first-order chi connectivity index (χ1) is 14.0. The summed E-state index contributed by atoms with van der Waals surface area (Å²) in [5.74, 6) is 0.462. The number of allylic oxidation sites excluding steroid dienone is 1. The van der Waals surface area contributed by atoms with E-state index in [1.54, 1.807) is 18.5 Å². The van der Waals surface area contributed by atoms with Crippen molar-refractivity contribution >= 4 is 40.5 Å². The van der Waals surface area contributed by atoms with E-state index in [1.807, 2.05) is 30.9 Å². The Kier molecular flexibility index (Phi) is 7.04. The van der Waals surface area contributed by atoms with Gasteiger partial charge < -0.3 is 16.0 Å². The zero-order valence-electron chi connectivity index (χ0n) is 16.8. The van der Waals surface area contributed by atoms with Crippen LogP contribution in [-0.2, 0) is 0 Å². The molecule has 0 bridgehead atoms. The Balaban J connectivity index is 1.56. The average molecular weight is 415 g/mol. The van der Waals surface area contributed by atoms with Gasteiger partial charge in [-0.05, 0) is 50.8 Å². The highest BCUT2D eigenvalue weighted by atomic mass is 35.5. The molecule has 29 heavy (non-hydrogen) atoms. The standard InChI is InChI=1S/C21H27ClN6O/c1-14(2)26-21(29)28-7-5-15(6-8-28)11-24-12-17(10-23)16-9-19-18(25-13-16)3-4-20(22)27-19/h3-4,9-10,12-15H,5-8,11,23H2,1-2H3,(H,26,29). The summed E-state index contributed by atoms with van der Waals surface area (Å²) in [7, 11) is 0. The lowest BCUT2D eigenvalue weighted by molar-refractivity contribution is 0.170. The van der Waals surface area contributed by atoms with E-state index in [0.29, 0.717) is 17.6 Å². The molecule has 3 rings (SSSR count). The number of carbonyl (C=O) groups is 1. The number of likely N-dealkylation sites (tertiary alicyclic amines) is 1. The number of nitrogens with one attached hydrogen (secondary N) is 1. The van der Waals surface area contributed by atoms with Crippen LogP contribution in [0, 0.1) is 5.92 Å². The van der Waals surface area contributed by atoms with Gasteiger partial charge in [-0.1, -0.05) is 11.6 Å². The van der Waals surface area contributed by atoms with Crippen LogP contribution in [0.4, 0.5) is 4.79 Å². The molecule has 3 N–H and O–H groups in total. The highest BCUT2D eigenvalue weighted by molar-refractivity contribution is 6.29. The van der Waals surface area contributed by atoms with E-state index < -0.39 is 0 Å². The van der Waals surface area contributed by atoms with E-state index in [9.17, 15) is 4.79 Å². The largest absolute Gasteiger partial charge is 0.404 e. The van der Waals surface area contributed by atoms with Gasteiger partial charge in [0.1, 0.15) is 5.15 Å². The summed E-state index contributed by atoms with van der Waals surface area (Å²) in [5.41, 5.74) is 8.94. The summed E-state index contributed by atoms with van der Waals surface area (Å²) >= 11 is 5.98. The Morgan fingerprint density at radius 3 is 2.83 bits per heavy atom. The van der Waals surface area contributed by atoms with Gasteiger partial charge in [0.05, 0.1) is 11.0 Å². The maximum Gasteiger partial charge on any atom is 0.317 e. The SMILES string of the molecule is CC(C)NC(=O)N1CCC(CN=CC(=CN)c2cnc3ccc(Cl)nc3c2)CC1. The smallest absolute Gasteiger partial charge is 0.317 e. The Bertz CT molecular complexity index is 919. The molecule has 0 atom stereocenters. The highest BCUT2D eigenvalue weighted by Gasteiger charge is 2.22. The first kappa shape index (κ1) is 21.0. The molecule has 1 saturated heterocycles. The van der Waals surface area contributed by atoms with Gasteiger partial charge in [0.2, 0.25) is 0 Å². The molecule has 2 aromatic heterocycles. The lowest BCUT2D eigenvalue weighted by atomic mass is 9.97. The van der Waals surface area contributed by atoms with Crippen LogP contribution < -0.4 is 11.1 Å². The van der Waals surface area contributed by atoms with Crippen molar-refractivity contribution in [1.29, 1.82) is 0 Å². The minimum atomic E-state index is 0.0211. The lowest BCUT2D eigenvalue weighted by Crippen LogP contribution is -2.46. The number of hydrogen-bond acceptors (Lipinski definition) is 5. The van der Waals surface area contributed by atoms with Crippen molar-refractivity contribution in [1.82, 2.24) is 20.2 Å². The molecule has 0 aliphatic carbocycles. The molecule has 2 aromatic rings. The number of hydrogen-bond donors (Lipinski definition) is 2. The van der Waals surface area contributed by atoms with Crippen LogP contribution in [0.3, 0.4) is 0 Å². The summed E-state index contributed by atoms with van der Waals surface area (Å²) < 4.78 is 0. The molecule has 1 aliphatic rings. The molecule has 0 saturated carbocycles. The molecule has 2 amide bonds. The van der Waals surface area contributed by atoms with Crippen LogP contribution in [-0.4, -0.2) is 52.8 Å². The molecule has 7 nitrogen and oxygen atoms in total.